The second-order valence-electron chi connectivity index (χ2n) is 5.59. The van der Waals surface area contributed by atoms with Gasteiger partial charge in [-0.1, -0.05) is 30.3 Å². The zero-order valence-electron chi connectivity index (χ0n) is 12.5. The Hall–Kier alpha value is -3.34. The highest BCUT2D eigenvalue weighted by atomic mass is 19.1. The number of aromatic nitrogens is 3. The molecule has 3 heterocycles. The molecule has 0 aliphatic carbocycles. The van der Waals surface area contributed by atoms with Crippen molar-refractivity contribution in [2.24, 2.45) is 4.99 Å². The molecule has 0 bridgehead atoms. The maximum Gasteiger partial charge on any atom is 0.137 e. The van der Waals surface area contributed by atoms with Crippen LogP contribution in [-0.2, 0) is 0 Å². The highest BCUT2D eigenvalue weighted by Gasteiger charge is 2.23. The van der Waals surface area contributed by atoms with Gasteiger partial charge < -0.3 is 0 Å². The fourth-order valence-corrected chi connectivity index (χ4v) is 3.15. The SMILES string of the molecule is Fc1ccccc1C1=Nc2ccccc2-c2ncnn3ccc1c23. The van der Waals surface area contributed by atoms with E-state index in [1.54, 1.807) is 16.6 Å². The van der Waals surface area contributed by atoms with Gasteiger partial charge >= 0.3 is 0 Å². The molecule has 4 aromatic rings. The van der Waals surface area contributed by atoms with E-state index in [4.69, 9.17) is 4.99 Å². The highest BCUT2D eigenvalue weighted by Crippen LogP contribution is 2.37. The summed E-state index contributed by atoms with van der Waals surface area (Å²) in [5.41, 5.74) is 5.21. The van der Waals surface area contributed by atoms with Gasteiger partial charge in [0.25, 0.3) is 0 Å². The molecular weight excluding hydrogens is 303 g/mol. The Morgan fingerprint density at radius 1 is 0.833 bits per heavy atom. The Kier molecular flexibility index (Phi) is 2.64. The zero-order valence-corrected chi connectivity index (χ0v) is 12.5. The van der Waals surface area contributed by atoms with Crippen LogP contribution in [0.5, 0.6) is 0 Å². The molecule has 4 nitrogen and oxygen atoms in total. The van der Waals surface area contributed by atoms with Crippen LogP contribution in [0.4, 0.5) is 10.1 Å². The zero-order chi connectivity index (χ0) is 16.1. The van der Waals surface area contributed by atoms with Crippen molar-refractivity contribution >= 4 is 16.9 Å². The number of hydrogen-bond acceptors (Lipinski definition) is 3. The molecule has 0 N–H and O–H groups in total. The number of benzene rings is 2. The lowest BCUT2D eigenvalue weighted by molar-refractivity contribution is 0.625. The standard InChI is InChI=1S/C19H11FN4/c20-15-7-3-1-5-12(15)17-14-9-10-24-19(14)18(21-11-22-24)13-6-2-4-8-16(13)23-17/h1-11H. The monoisotopic (exact) mass is 314 g/mol. The number of nitrogens with zero attached hydrogens (tertiary/aromatic N) is 4. The summed E-state index contributed by atoms with van der Waals surface area (Å²) in [5.74, 6) is -0.298. The molecule has 0 fully saturated rings. The molecule has 0 radical (unpaired) electrons. The maximum absolute atomic E-state index is 14.4. The van der Waals surface area contributed by atoms with Crippen LogP contribution in [0.15, 0.2) is 72.1 Å². The van der Waals surface area contributed by atoms with Gasteiger partial charge in [0, 0.05) is 22.9 Å². The molecule has 5 heteroatoms. The summed E-state index contributed by atoms with van der Waals surface area (Å²) in [7, 11) is 0. The first-order chi connectivity index (χ1) is 11.8. The molecule has 0 unspecified atom stereocenters. The fraction of sp³-hybridized carbons (Fsp3) is 0. The van der Waals surface area contributed by atoms with E-state index in [9.17, 15) is 4.39 Å². The van der Waals surface area contributed by atoms with Crippen LogP contribution in [0.2, 0.25) is 0 Å². The summed E-state index contributed by atoms with van der Waals surface area (Å²) >= 11 is 0. The van der Waals surface area contributed by atoms with Crippen molar-refractivity contribution in [3.05, 3.63) is 84.1 Å². The summed E-state index contributed by atoms with van der Waals surface area (Å²) < 4.78 is 16.2. The third-order valence-corrected chi connectivity index (χ3v) is 4.23. The highest BCUT2D eigenvalue weighted by molar-refractivity contribution is 6.20. The molecule has 24 heavy (non-hydrogen) atoms. The van der Waals surface area contributed by atoms with E-state index < -0.39 is 0 Å². The quantitative estimate of drug-likeness (QED) is 0.469. The number of para-hydroxylation sites is 1. The van der Waals surface area contributed by atoms with Crippen LogP contribution < -0.4 is 0 Å². The summed E-state index contributed by atoms with van der Waals surface area (Å²) in [5, 5.41) is 4.27. The van der Waals surface area contributed by atoms with E-state index in [0.717, 1.165) is 28.0 Å². The van der Waals surface area contributed by atoms with Crippen LogP contribution in [-0.4, -0.2) is 20.3 Å². The van der Waals surface area contributed by atoms with Crippen molar-refractivity contribution in [2.45, 2.75) is 0 Å². The molecule has 5 rings (SSSR count). The molecule has 0 spiro atoms. The maximum atomic E-state index is 14.4. The first-order valence-electron chi connectivity index (χ1n) is 7.58. The third-order valence-electron chi connectivity index (χ3n) is 4.23. The van der Waals surface area contributed by atoms with Crippen LogP contribution in [0.3, 0.4) is 0 Å². The van der Waals surface area contributed by atoms with E-state index in [-0.39, 0.29) is 5.82 Å². The van der Waals surface area contributed by atoms with Crippen molar-refractivity contribution in [3.8, 4) is 11.3 Å². The molecule has 0 saturated heterocycles. The number of hydrogen-bond donors (Lipinski definition) is 0. The molecular formula is C19H11FN4. The second kappa shape index (κ2) is 4.83. The van der Waals surface area contributed by atoms with Gasteiger partial charge in [-0.25, -0.2) is 18.9 Å². The van der Waals surface area contributed by atoms with Gasteiger partial charge in [-0.15, -0.1) is 0 Å². The molecule has 0 amide bonds. The van der Waals surface area contributed by atoms with E-state index in [0.29, 0.717) is 11.3 Å². The summed E-state index contributed by atoms with van der Waals surface area (Å²) in [6.45, 7) is 0. The number of aliphatic imine (C=N–C) groups is 1. The van der Waals surface area contributed by atoms with E-state index >= 15 is 0 Å². The van der Waals surface area contributed by atoms with Gasteiger partial charge in [0.05, 0.1) is 11.4 Å². The van der Waals surface area contributed by atoms with Gasteiger partial charge in [0.2, 0.25) is 0 Å². The fourth-order valence-electron chi connectivity index (χ4n) is 3.15. The Labute approximate surface area is 136 Å². The number of rotatable bonds is 1. The van der Waals surface area contributed by atoms with E-state index in [1.807, 2.05) is 42.6 Å². The minimum Gasteiger partial charge on any atom is -0.247 e. The molecule has 0 atom stereocenters. The lowest BCUT2D eigenvalue weighted by Gasteiger charge is -2.06. The smallest absolute Gasteiger partial charge is 0.137 e. The molecule has 114 valence electrons. The van der Waals surface area contributed by atoms with Gasteiger partial charge in [-0.05, 0) is 24.3 Å². The topological polar surface area (TPSA) is 42.5 Å². The molecule has 1 aliphatic heterocycles. The predicted molar refractivity (Wildman–Crippen MR) is 90.1 cm³/mol. The number of halogens is 1. The van der Waals surface area contributed by atoms with Gasteiger partial charge in [0.15, 0.2) is 0 Å². The average Bonchev–Trinajstić information content (AvgIpc) is 2.98. The predicted octanol–water partition coefficient (Wildman–Crippen LogP) is 4.02. The third kappa shape index (κ3) is 1.75. The van der Waals surface area contributed by atoms with Crippen LogP contribution in [0.1, 0.15) is 11.1 Å². The molecule has 1 aliphatic rings. The van der Waals surface area contributed by atoms with E-state index in [1.165, 1.54) is 12.4 Å². The van der Waals surface area contributed by atoms with Crippen LogP contribution >= 0.6 is 0 Å². The Morgan fingerprint density at radius 2 is 1.62 bits per heavy atom. The Bertz CT molecular complexity index is 1130. The Morgan fingerprint density at radius 3 is 2.50 bits per heavy atom. The summed E-state index contributed by atoms with van der Waals surface area (Å²) in [6.07, 6.45) is 3.37. The average molecular weight is 314 g/mol. The lowest BCUT2D eigenvalue weighted by Crippen LogP contribution is -2.05. The summed E-state index contributed by atoms with van der Waals surface area (Å²) in [4.78, 5) is 9.24. The van der Waals surface area contributed by atoms with Crippen molar-refractivity contribution in [1.29, 1.82) is 0 Å². The van der Waals surface area contributed by atoms with E-state index in [2.05, 4.69) is 10.1 Å². The minimum absolute atomic E-state index is 0.298. The minimum atomic E-state index is -0.298. The first-order valence-corrected chi connectivity index (χ1v) is 7.58. The van der Waals surface area contributed by atoms with Crippen molar-refractivity contribution < 1.29 is 4.39 Å². The van der Waals surface area contributed by atoms with Gasteiger partial charge in [-0.3, -0.25) is 0 Å². The van der Waals surface area contributed by atoms with Crippen LogP contribution in [0, 0.1) is 5.82 Å². The van der Waals surface area contributed by atoms with Gasteiger partial charge in [0.1, 0.15) is 23.4 Å². The normalized spacial score (nSPS) is 12.6. The van der Waals surface area contributed by atoms with Crippen LogP contribution in [0.25, 0.3) is 16.8 Å². The van der Waals surface area contributed by atoms with Crippen molar-refractivity contribution in [3.63, 3.8) is 0 Å². The molecule has 0 saturated carbocycles. The summed E-state index contributed by atoms with van der Waals surface area (Å²) in [6, 6.07) is 16.4. The Balaban J connectivity index is 1.95. The van der Waals surface area contributed by atoms with Gasteiger partial charge in [-0.2, -0.15) is 5.10 Å². The second-order valence-corrected chi connectivity index (χ2v) is 5.59. The molecule has 2 aromatic carbocycles. The first kappa shape index (κ1) is 13.1. The molecule has 2 aromatic heterocycles. The van der Waals surface area contributed by atoms with Crippen molar-refractivity contribution in [2.75, 3.05) is 0 Å². The lowest BCUT2D eigenvalue weighted by atomic mass is 10.0. The van der Waals surface area contributed by atoms with Crippen molar-refractivity contribution in [1.82, 2.24) is 14.6 Å². The largest absolute Gasteiger partial charge is 0.247 e. The number of fused-ring (bicyclic) bond motifs is 2.